The lowest BCUT2D eigenvalue weighted by Crippen LogP contribution is -2.40. The fourth-order valence-corrected chi connectivity index (χ4v) is 2.93. The van der Waals surface area contributed by atoms with Crippen molar-refractivity contribution >= 4 is 11.7 Å². The van der Waals surface area contributed by atoms with Crippen LogP contribution in [-0.4, -0.2) is 42.8 Å². The van der Waals surface area contributed by atoms with Crippen LogP contribution in [0, 0.1) is 17.6 Å². The Morgan fingerprint density at radius 3 is 2.50 bits per heavy atom. The van der Waals surface area contributed by atoms with Crippen LogP contribution >= 0.6 is 0 Å². The molecule has 1 aliphatic rings. The maximum Gasteiger partial charge on any atom is 0.223 e. The number of ketones is 1. The van der Waals surface area contributed by atoms with Gasteiger partial charge in [0.15, 0.2) is 17.4 Å². The van der Waals surface area contributed by atoms with Gasteiger partial charge in [-0.15, -0.1) is 0 Å². The zero-order valence-corrected chi connectivity index (χ0v) is 14.0. The van der Waals surface area contributed by atoms with Crippen LogP contribution in [0.1, 0.15) is 43.0 Å². The van der Waals surface area contributed by atoms with Gasteiger partial charge in [-0.2, -0.15) is 0 Å². The fraction of sp³-hybridized carbons (Fsp3) is 0.556. The molecule has 0 unspecified atom stereocenters. The lowest BCUT2D eigenvalue weighted by molar-refractivity contribution is -0.132. The Morgan fingerprint density at radius 2 is 1.88 bits per heavy atom. The van der Waals surface area contributed by atoms with E-state index in [2.05, 4.69) is 12.2 Å². The smallest absolute Gasteiger partial charge is 0.223 e. The number of nitrogens with one attached hydrogen (secondary N) is 1. The van der Waals surface area contributed by atoms with Gasteiger partial charge >= 0.3 is 0 Å². The van der Waals surface area contributed by atoms with Crippen molar-refractivity contribution < 1.29 is 18.4 Å². The summed E-state index contributed by atoms with van der Waals surface area (Å²) in [6, 6.07) is 3.06. The fourth-order valence-electron chi connectivity index (χ4n) is 2.93. The van der Waals surface area contributed by atoms with Gasteiger partial charge in [0.2, 0.25) is 5.91 Å². The SMILES string of the molecule is CCNCC1CCN(C(=O)CCC(=O)c2ccc(F)c(F)c2)CC1. The molecule has 1 aromatic carbocycles. The van der Waals surface area contributed by atoms with Crippen molar-refractivity contribution in [1.82, 2.24) is 10.2 Å². The molecule has 1 fully saturated rings. The first-order chi connectivity index (χ1) is 11.5. The second-order valence-electron chi connectivity index (χ2n) is 6.18. The van der Waals surface area contributed by atoms with E-state index in [1.165, 1.54) is 6.07 Å². The van der Waals surface area contributed by atoms with Crippen molar-refractivity contribution in [2.75, 3.05) is 26.2 Å². The summed E-state index contributed by atoms with van der Waals surface area (Å²) < 4.78 is 26.0. The van der Waals surface area contributed by atoms with E-state index in [0.29, 0.717) is 19.0 Å². The third kappa shape index (κ3) is 5.09. The molecule has 132 valence electrons. The summed E-state index contributed by atoms with van der Waals surface area (Å²) >= 11 is 0. The van der Waals surface area contributed by atoms with E-state index in [-0.39, 0.29) is 30.1 Å². The Hall–Kier alpha value is -1.82. The third-order valence-electron chi connectivity index (χ3n) is 4.46. The standard InChI is InChI=1S/C18H24F2N2O2/c1-2-21-12-13-7-9-22(10-8-13)18(24)6-5-17(23)14-3-4-15(19)16(20)11-14/h3-4,11,13,21H,2,5-10,12H2,1H3. The van der Waals surface area contributed by atoms with Gasteiger partial charge < -0.3 is 10.2 Å². The number of rotatable bonds is 7. The van der Waals surface area contributed by atoms with Gasteiger partial charge in [-0.05, 0) is 50.0 Å². The van der Waals surface area contributed by atoms with Gasteiger partial charge in [0, 0.05) is 31.5 Å². The van der Waals surface area contributed by atoms with Gasteiger partial charge in [0.1, 0.15) is 0 Å². The maximum atomic E-state index is 13.1. The van der Waals surface area contributed by atoms with Crippen molar-refractivity contribution in [2.24, 2.45) is 5.92 Å². The van der Waals surface area contributed by atoms with Crippen molar-refractivity contribution in [3.63, 3.8) is 0 Å². The van der Waals surface area contributed by atoms with Gasteiger partial charge in [-0.1, -0.05) is 6.92 Å². The van der Waals surface area contributed by atoms with Crippen LogP contribution in [0.2, 0.25) is 0 Å². The van der Waals surface area contributed by atoms with Crippen molar-refractivity contribution in [2.45, 2.75) is 32.6 Å². The summed E-state index contributed by atoms with van der Waals surface area (Å²) in [7, 11) is 0. The highest BCUT2D eigenvalue weighted by Crippen LogP contribution is 2.18. The van der Waals surface area contributed by atoms with Crippen LogP contribution < -0.4 is 5.32 Å². The summed E-state index contributed by atoms with van der Waals surface area (Å²) in [5, 5.41) is 3.32. The molecule has 1 aromatic rings. The summed E-state index contributed by atoms with van der Waals surface area (Å²) in [5.74, 6) is -1.83. The second kappa shape index (κ2) is 8.87. The molecule has 4 nitrogen and oxygen atoms in total. The minimum Gasteiger partial charge on any atom is -0.343 e. The molecule has 6 heteroatoms. The number of carbonyl (C=O) groups excluding carboxylic acids is 2. The first-order valence-corrected chi connectivity index (χ1v) is 8.48. The largest absolute Gasteiger partial charge is 0.343 e. The van der Waals surface area contributed by atoms with E-state index in [0.717, 1.165) is 38.1 Å². The van der Waals surface area contributed by atoms with E-state index in [1.54, 1.807) is 4.90 Å². The minimum atomic E-state index is -1.05. The highest BCUT2D eigenvalue weighted by molar-refractivity contribution is 5.97. The van der Waals surface area contributed by atoms with Crippen LogP contribution in [0.3, 0.4) is 0 Å². The normalized spacial score (nSPS) is 15.5. The van der Waals surface area contributed by atoms with Gasteiger partial charge in [-0.25, -0.2) is 8.78 Å². The molecule has 1 amide bonds. The van der Waals surface area contributed by atoms with Crippen molar-refractivity contribution in [3.8, 4) is 0 Å². The maximum absolute atomic E-state index is 13.1. The predicted molar refractivity (Wildman–Crippen MR) is 87.8 cm³/mol. The van der Waals surface area contributed by atoms with E-state index < -0.39 is 11.6 Å². The number of nitrogens with zero attached hydrogens (tertiary/aromatic N) is 1. The number of benzene rings is 1. The summed E-state index contributed by atoms with van der Waals surface area (Å²) in [6.45, 7) is 5.43. The molecular formula is C18H24F2N2O2. The zero-order valence-electron chi connectivity index (χ0n) is 14.0. The number of hydrogen-bond acceptors (Lipinski definition) is 3. The van der Waals surface area contributed by atoms with Gasteiger partial charge in [0.05, 0.1) is 0 Å². The lowest BCUT2D eigenvalue weighted by Gasteiger charge is -2.32. The van der Waals surface area contributed by atoms with E-state index in [4.69, 9.17) is 0 Å². The minimum absolute atomic E-state index is 0.0151. The Kier molecular flexibility index (Phi) is 6.85. The molecule has 0 atom stereocenters. The molecule has 2 rings (SSSR count). The molecule has 0 radical (unpaired) electrons. The number of carbonyl (C=O) groups is 2. The van der Waals surface area contributed by atoms with Crippen LogP contribution in [-0.2, 0) is 4.79 Å². The number of likely N-dealkylation sites (tertiary alicyclic amines) is 1. The molecule has 1 aliphatic heterocycles. The summed E-state index contributed by atoms with van der Waals surface area (Å²) in [5.41, 5.74) is 0.103. The Labute approximate surface area is 141 Å². The Balaban J connectivity index is 1.77. The average molecular weight is 338 g/mol. The Bertz CT molecular complexity index is 584. The van der Waals surface area contributed by atoms with E-state index in [9.17, 15) is 18.4 Å². The number of amides is 1. The predicted octanol–water partition coefficient (Wildman–Crippen LogP) is 2.78. The molecule has 1 heterocycles. The van der Waals surface area contributed by atoms with Crippen molar-refractivity contribution in [1.29, 1.82) is 0 Å². The van der Waals surface area contributed by atoms with Gasteiger partial charge in [0.25, 0.3) is 0 Å². The van der Waals surface area contributed by atoms with Crippen LogP contribution in [0.4, 0.5) is 8.78 Å². The van der Waals surface area contributed by atoms with E-state index >= 15 is 0 Å². The second-order valence-corrected chi connectivity index (χ2v) is 6.18. The zero-order chi connectivity index (χ0) is 17.5. The van der Waals surface area contributed by atoms with Crippen molar-refractivity contribution in [3.05, 3.63) is 35.4 Å². The number of piperidine rings is 1. The van der Waals surface area contributed by atoms with E-state index in [1.807, 2.05) is 0 Å². The molecule has 0 aromatic heterocycles. The van der Waals surface area contributed by atoms with Gasteiger partial charge in [-0.3, -0.25) is 9.59 Å². The quantitative estimate of drug-likeness (QED) is 0.778. The molecule has 1 saturated heterocycles. The number of halogens is 2. The van der Waals surface area contributed by atoms with Crippen LogP contribution in [0.15, 0.2) is 18.2 Å². The summed E-state index contributed by atoms with van der Waals surface area (Å²) in [6.07, 6.45) is 2.06. The molecule has 1 N–H and O–H groups in total. The average Bonchev–Trinajstić information content (AvgIpc) is 2.60. The highest BCUT2D eigenvalue weighted by Gasteiger charge is 2.23. The topological polar surface area (TPSA) is 49.4 Å². The lowest BCUT2D eigenvalue weighted by atomic mass is 9.96. The molecule has 0 saturated carbocycles. The first kappa shape index (κ1) is 18.5. The molecule has 24 heavy (non-hydrogen) atoms. The number of hydrogen-bond donors (Lipinski definition) is 1. The molecule has 0 aliphatic carbocycles. The third-order valence-corrected chi connectivity index (χ3v) is 4.46. The first-order valence-electron chi connectivity index (χ1n) is 8.48. The summed E-state index contributed by atoms with van der Waals surface area (Å²) in [4.78, 5) is 26.0. The Morgan fingerprint density at radius 1 is 1.17 bits per heavy atom. The molecule has 0 spiro atoms. The monoisotopic (exact) mass is 338 g/mol. The molecular weight excluding hydrogens is 314 g/mol. The van der Waals surface area contributed by atoms with Crippen LogP contribution in [0.25, 0.3) is 0 Å². The number of Topliss-reactive ketones (excluding diaryl/α,β-unsaturated/α-hetero) is 1. The highest BCUT2D eigenvalue weighted by atomic mass is 19.2. The van der Waals surface area contributed by atoms with Crippen LogP contribution in [0.5, 0.6) is 0 Å². The molecule has 0 bridgehead atoms.